The van der Waals surface area contributed by atoms with Gasteiger partial charge < -0.3 is 9.64 Å². The van der Waals surface area contributed by atoms with Gasteiger partial charge in [0.05, 0.1) is 10.9 Å². The molecule has 1 aromatic carbocycles. The topological polar surface area (TPSA) is 87.6 Å². The monoisotopic (exact) mass is 314 g/mol. The molecular weight excluding hydrogens is 296 g/mol. The van der Waals surface area contributed by atoms with Crippen molar-refractivity contribution in [2.45, 2.75) is 25.2 Å². The highest BCUT2D eigenvalue weighted by atomic mass is 16.5. The highest BCUT2D eigenvalue weighted by molar-refractivity contribution is 6.10. The smallest absolute Gasteiger partial charge is 0.237 e. The number of anilines is 2. The SMILES string of the molecule is Cc1nc(NO)c2cc3c(cc2n1)C1(CCOCC1)C(=O)N3C. The number of aromatic nitrogens is 2. The van der Waals surface area contributed by atoms with E-state index < -0.39 is 5.41 Å². The Labute approximate surface area is 133 Å². The molecule has 7 nitrogen and oxygen atoms in total. The van der Waals surface area contributed by atoms with Crippen LogP contribution in [0.2, 0.25) is 0 Å². The van der Waals surface area contributed by atoms with E-state index in [0.717, 1.165) is 16.8 Å². The van der Waals surface area contributed by atoms with Crippen molar-refractivity contribution >= 4 is 28.3 Å². The zero-order valence-electron chi connectivity index (χ0n) is 13.1. The number of hydrogen-bond donors (Lipinski definition) is 2. The minimum Gasteiger partial charge on any atom is -0.381 e. The Kier molecular flexibility index (Phi) is 3.04. The quantitative estimate of drug-likeness (QED) is 0.780. The number of ether oxygens (including phenoxy) is 1. The molecular formula is C16H18N4O3. The standard InChI is InChI=1S/C16H18N4O3/c1-9-17-12-8-11-13(7-10(12)14(18-9)19-22)20(2)15(21)16(11)3-5-23-6-4-16/h7-8,22H,3-6H2,1-2H3,(H,17,18,19). The van der Waals surface area contributed by atoms with Crippen LogP contribution in [0.4, 0.5) is 11.5 Å². The van der Waals surface area contributed by atoms with Crippen molar-refractivity contribution in [2.24, 2.45) is 0 Å². The van der Waals surface area contributed by atoms with Gasteiger partial charge in [-0.2, -0.15) is 0 Å². The van der Waals surface area contributed by atoms with Crippen molar-refractivity contribution in [3.8, 4) is 0 Å². The molecule has 3 heterocycles. The molecule has 2 aliphatic heterocycles. The van der Waals surface area contributed by atoms with Gasteiger partial charge in [-0.1, -0.05) is 0 Å². The van der Waals surface area contributed by atoms with E-state index in [-0.39, 0.29) is 5.91 Å². The van der Waals surface area contributed by atoms with Crippen LogP contribution in [-0.2, 0) is 14.9 Å². The lowest BCUT2D eigenvalue weighted by atomic mass is 9.75. The Balaban J connectivity index is 2.00. The molecule has 23 heavy (non-hydrogen) atoms. The molecule has 1 saturated heterocycles. The molecule has 0 atom stereocenters. The fourth-order valence-corrected chi connectivity index (χ4v) is 3.78. The minimum absolute atomic E-state index is 0.106. The second kappa shape index (κ2) is 4.87. The largest absolute Gasteiger partial charge is 0.381 e. The maximum Gasteiger partial charge on any atom is 0.237 e. The lowest BCUT2D eigenvalue weighted by Gasteiger charge is -2.32. The number of hydrogen-bond acceptors (Lipinski definition) is 6. The van der Waals surface area contributed by atoms with E-state index in [0.29, 0.717) is 43.1 Å². The zero-order valence-corrected chi connectivity index (χ0v) is 13.1. The fraction of sp³-hybridized carbons (Fsp3) is 0.438. The van der Waals surface area contributed by atoms with Gasteiger partial charge in [0.2, 0.25) is 5.91 Å². The van der Waals surface area contributed by atoms with Crippen LogP contribution in [0.1, 0.15) is 24.2 Å². The van der Waals surface area contributed by atoms with E-state index in [1.165, 1.54) is 0 Å². The zero-order chi connectivity index (χ0) is 16.2. The number of nitrogens with one attached hydrogen (secondary N) is 1. The minimum atomic E-state index is -0.512. The predicted molar refractivity (Wildman–Crippen MR) is 84.8 cm³/mol. The van der Waals surface area contributed by atoms with E-state index in [2.05, 4.69) is 15.4 Å². The summed E-state index contributed by atoms with van der Waals surface area (Å²) in [5.74, 6) is 1.02. The Morgan fingerprint density at radius 3 is 2.74 bits per heavy atom. The molecule has 0 saturated carbocycles. The van der Waals surface area contributed by atoms with Crippen LogP contribution in [0.15, 0.2) is 12.1 Å². The summed E-state index contributed by atoms with van der Waals surface area (Å²) in [6, 6.07) is 3.84. The molecule has 0 unspecified atom stereocenters. The summed E-state index contributed by atoms with van der Waals surface area (Å²) in [6.07, 6.45) is 1.37. The number of benzene rings is 1. The summed E-state index contributed by atoms with van der Waals surface area (Å²) >= 11 is 0. The van der Waals surface area contributed by atoms with Crippen molar-refractivity contribution in [3.63, 3.8) is 0 Å². The number of fused-ring (bicyclic) bond motifs is 3. The summed E-state index contributed by atoms with van der Waals surface area (Å²) < 4.78 is 5.46. The van der Waals surface area contributed by atoms with Crippen molar-refractivity contribution in [2.75, 3.05) is 30.6 Å². The number of rotatable bonds is 1. The van der Waals surface area contributed by atoms with E-state index in [4.69, 9.17) is 4.74 Å². The normalized spacial score (nSPS) is 19.4. The van der Waals surface area contributed by atoms with Gasteiger partial charge in [-0.15, -0.1) is 0 Å². The highest BCUT2D eigenvalue weighted by Crippen LogP contribution is 2.48. The van der Waals surface area contributed by atoms with Gasteiger partial charge in [0.15, 0.2) is 5.82 Å². The summed E-state index contributed by atoms with van der Waals surface area (Å²) in [6.45, 7) is 2.95. The molecule has 1 amide bonds. The third-order valence-electron chi connectivity index (χ3n) is 4.97. The molecule has 4 rings (SSSR count). The first kappa shape index (κ1) is 14.3. The summed E-state index contributed by atoms with van der Waals surface area (Å²) in [7, 11) is 1.79. The Morgan fingerprint density at radius 2 is 2.04 bits per heavy atom. The van der Waals surface area contributed by atoms with E-state index in [1.807, 2.05) is 12.1 Å². The first-order chi connectivity index (χ1) is 11.1. The number of nitrogens with zero attached hydrogens (tertiary/aromatic N) is 3. The van der Waals surface area contributed by atoms with E-state index in [1.54, 1.807) is 18.9 Å². The van der Waals surface area contributed by atoms with E-state index >= 15 is 0 Å². The van der Waals surface area contributed by atoms with E-state index in [9.17, 15) is 10.0 Å². The molecule has 1 aromatic heterocycles. The Morgan fingerprint density at radius 1 is 1.30 bits per heavy atom. The van der Waals surface area contributed by atoms with Crippen LogP contribution in [0.3, 0.4) is 0 Å². The number of carbonyl (C=O) groups is 1. The second-order valence-electron chi connectivity index (χ2n) is 6.18. The molecule has 7 heteroatoms. The van der Waals surface area contributed by atoms with Crippen LogP contribution >= 0.6 is 0 Å². The lowest BCUT2D eigenvalue weighted by Crippen LogP contribution is -2.42. The Hall–Kier alpha value is -2.25. The molecule has 2 N–H and O–H groups in total. The third-order valence-corrected chi connectivity index (χ3v) is 4.97. The molecule has 0 radical (unpaired) electrons. The molecule has 2 aliphatic rings. The maximum absolute atomic E-state index is 12.9. The average Bonchev–Trinajstić information content (AvgIpc) is 2.76. The van der Waals surface area contributed by atoms with Crippen molar-refractivity contribution in [1.82, 2.24) is 9.97 Å². The fourth-order valence-electron chi connectivity index (χ4n) is 3.78. The maximum atomic E-state index is 12.9. The van der Waals surface area contributed by atoms with Crippen LogP contribution in [-0.4, -0.2) is 41.3 Å². The first-order valence-electron chi connectivity index (χ1n) is 7.66. The first-order valence-corrected chi connectivity index (χ1v) is 7.66. The molecule has 0 aliphatic carbocycles. The number of amides is 1. The number of likely N-dealkylation sites (N-methyl/N-ethyl adjacent to an activating group) is 1. The predicted octanol–water partition coefficient (Wildman–Crippen LogP) is 1.76. The number of carbonyl (C=O) groups excluding carboxylic acids is 1. The van der Waals surface area contributed by atoms with Crippen LogP contribution in [0, 0.1) is 6.92 Å². The van der Waals surface area contributed by atoms with Crippen LogP contribution < -0.4 is 10.4 Å². The molecule has 2 aromatic rings. The third kappa shape index (κ3) is 1.87. The molecule has 1 fully saturated rings. The van der Waals surface area contributed by atoms with Gasteiger partial charge >= 0.3 is 0 Å². The van der Waals surface area contributed by atoms with Crippen molar-refractivity contribution in [1.29, 1.82) is 0 Å². The summed E-state index contributed by atoms with van der Waals surface area (Å²) in [5.41, 5.74) is 4.19. The summed E-state index contributed by atoms with van der Waals surface area (Å²) in [4.78, 5) is 23.3. The van der Waals surface area contributed by atoms with Gasteiger partial charge in [-0.25, -0.2) is 9.97 Å². The van der Waals surface area contributed by atoms with Gasteiger partial charge in [-0.3, -0.25) is 15.5 Å². The lowest BCUT2D eigenvalue weighted by molar-refractivity contribution is -0.126. The average molecular weight is 314 g/mol. The number of aryl methyl sites for hydroxylation is 1. The highest BCUT2D eigenvalue weighted by Gasteiger charge is 2.50. The van der Waals surface area contributed by atoms with Gasteiger partial charge in [0, 0.05) is 31.3 Å². The van der Waals surface area contributed by atoms with Gasteiger partial charge in [-0.05, 0) is 37.5 Å². The Bertz CT molecular complexity index is 815. The molecule has 1 spiro atoms. The van der Waals surface area contributed by atoms with Gasteiger partial charge in [0.1, 0.15) is 5.82 Å². The van der Waals surface area contributed by atoms with Crippen molar-refractivity contribution < 1.29 is 14.7 Å². The molecule has 120 valence electrons. The van der Waals surface area contributed by atoms with Crippen LogP contribution in [0.5, 0.6) is 0 Å². The second-order valence-corrected chi connectivity index (χ2v) is 6.18. The summed E-state index contributed by atoms with van der Waals surface area (Å²) in [5, 5.41) is 10.0. The van der Waals surface area contributed by atoms with Crippen LogP contribution in [0.25, 0.3) is 10.9 Å². The van der Waals surface area contributed by atoms with Gasteiger partial charge in [0.25, 0.3) is 0 Å². The molecule has 0 bridgehead atoms. The van der Waals surface area contributed by atoms with Crippen molar-refractivity contribution in [3.05, 3.63) is 23.5 Å².